The van der Waals surface area contributed by atoms with Gasteiger partial charge in [-0.25, -0.2) is 0 Å². The Morgan fingerprint density at radius 3 is 2.62 bits per heavy atom. The summed E-state index contributed by atoms with van der Waals surface area (Å²) in [6.45, 7) is 2.63. The molecule has 1 aliphatic carbocycles. The number of aromatic nitrogens is 1. The summed E-state index contributed by atoms with van der Waals surface area (Å²) in [4.78, 5) is 29.5. The number of carbonyl (C=O) groups excluding carboxylic acids is 1. The molecule has 4 nitrogen and oxygen atoms in total. The van der Waals surface area contributed by atoms with E-state index in [1.54, 1.807) is 12.1 Å². The molecule has 1 aromatic heterocycles. The first-order valence-electron chi connectivity index (χ1n) is 8.18. The van der Waals surface area contributed by atoms with Crippen molar-refractivity contribution in [3.8, 4) is 0 Å². The average molecular weight is 288 g/mol. The quantitative estimate of drug-likeness (QED) is 0.909. The molecule has 21 heavy (non-hydrogen) atoms. The molecule has 1 aromatic rings. The van der Waals surface area contributed by atoms with Gasteiger partial charge in [-0.15, -0.1) is 0 Å². The van der Waals surface area contributed by atoms with Gasteiger partial charge in [0.15, 0.2) is 0 Å². The molecule has 1 saturated carbocycles. The molecular weight excluding hydrogens is 264 g/mol. The molecule has 0 aromatic carbocycles. The largest absolute Gasteiger partial charge is 0.335 e. The summed E-state index contributed by atoms with van der Waals surface area (Å²) in [5.41, 5.74) is 0.833. The highest BCUT2D eigenvalue weighted by atomic mass is 16.2. The number of pyridine rings is 1. The van der Waals surface area contributed by atoms with E-state index < -0.39 is 0 Å². The zero-order chi connectivity index (χ0) is 14.8. The highest BCUT2D eigenvalue weighted by molar-refractivity contribution is 5.94. The minimum Gasteiger partial charge on any atom is -0.335 e. The third-order valence-corrected chi connectivity index (χ3v) is 5.04. The number of aromatic amines is 1. The van der Waals surface area contributed by atoms with Crippen molar-refractivity contribution in [2.24, 2.45) is 5.92 Å². The topological polar surface area (TPSA) is 53.2 Å². The standard InChI is InChI=1S/C17H24N2O2/c1-12-9-10-14(16(20)18-12)17(21)19-11-5-8-15(19)13-6-3-2-4-7-13/h9-10,13,15H,2-8,11H2,1H3,(H,18,20)/t15-/m1/s1. The number of amides is 1. The Balaban J connectivity index is 1.80. The lowest BCUT2D eigenvalue weighted by Gasteiger charge is -2.34. The smallest absolute Gasteiger partial charge is 0.260 e. The van der Waals surface area contributed by atoms with Crippen LogP contribution in [0.1, 0.15) is 61.0 Å². The number of H-pyrrole nitrogens is 1. The van der Waals surface area contributed by atoms with Gasteiger partial charge >= 0.3 is 0 Å². The first-order chi connectivity index (χ1) is 10.2. The molecule has 0 spiro atoms. The fraction of sp³-hybridized carbons (Fsp3) is 0.647. The Morgan fingerprint density at radius 1 is 1.14 bits per heavy atom. The van der Waals surface area contributed by atoms with E-state index in [2.05, 4.69) is 4.98 Å². The van der Waals surface area contributed by atoms with Crippen molar-refractivity contribution in [3.63, 3.8) is 0 Å². The average Bonchev–Trinajstić information content (AvgIpc) is 2.97. The van der Waals surface area contributed by atoms with E-state index in [1.165, 1.54) is 32.1 Å². The summed E-state index contributed by atoms with van der Waals surface area (Å²) in [5, 5.41) is 0. The van der Waals surface area contributed by atoms with Crippen LogP contribution in [0.15, 0.2) is 16.9 Å². The van der Waals surface area contributed by atoms with E-state index in [0.29, 0.717) is 17.5 Å². The highest BCUT2D eigenvalue weighted by Crippen LogP contribution is 2.34. The van der Waals surface area contributed by atoms with Crippen LogP contribution in [0.5, 0.6) is 0 Å². The van der Waals surface area contributed by atoms with Gasteiger partial charge in [0.05, 0.1) is 0 Å². The molecule has 2 heterocycles. The second-order valence-electron chi connectivity index (χ2n) is 6.49. The molecule has 1 atom stereocenters. The second-order valence-corrected chi connectivity index (χ2v) is 6.49. The molecule has 1 saturated heterocycles. The molecule has 1 aliphatic heterocycles. The van der Waals surface area contributed by atoms with Crippen LogP contribution in [-0.2, 0) is 0 Å². The van der Waals surface area contributed by atoms with E-state index in [9.17, 15) is 9.59 Å². The van der Waals surface area contributed by atoms with Crippen LogP contribution >= 0.6 is 0 Å². The molecule has 2 fully saturated rings. The van der Waals surface area contributed by atoms with Gasteiger partial charge in [0.1, 0.15) is 5.56 Å². The minimum atomic E-state index is -0.255. The van der Waals surface area contributed by atoms with E-state index in [-0.39, 0.29) is 11.5 Å². The van der Waals surface area contributed by atoms with E-state index in [1.807, 2.05) is 11.8 Å². The number of carbonyl (C=O) groups is 1. The van der Waals surface area contributed by atoms with Crippen LogP contribution in [0.25, 0.3) is 0 Å². The molecule has 0 bridgehead atoms. The van der Waals surface area contributed by atoms with Crippen molar-refractivity contribution >= 4 is 5.91 Å². The van der Waals surface area contributed by atoms with Gasteiger partial charge in [-0.3, -0.25) is 9.59 Å². The molecule has 1 amide bonds. The summed E-state index contributed by atoms with van der Waals surface area (Å²) >= 11 is 0. The van der Waals surface area contributed by atoms with Gasteiger partial charge < -0.3 is 9.88 Å². The van der Waals surface area contributed by atoms with Gasteiger partial charge in [-0.05, 0) is 50.7 Å². The molecule has 3 rings (SSSR count). The Labute approximate surface area is 125 Å². The molecule has 2 aliphatic rings. The summed E-state index contributed by atoms with van der Waals surface area (Å²) in [7, 11) is 0. The maximum absolute atomic E-state index is 12.7. The van der Waals surface area contributed by atoms with Crippen molar-refractivity contribution in [3.05, 3.63) is 33.7 Å². The van der Waals surface area contributed by atoms with Crippen molar-refractivity contribution in [1.29, 1.82) is 0 Å². The van der Waals surface area contributed by atoms with Gasteiger partial charge in [-0.1, -0.05) is 19.3 Å². The summed E-state index contributed by atoms with van der Waals surface area (Å²) in [6.07, 6.45) is 8.53. The van der Waals surface area contributed by atoms with Gasteiger partial charge in [0.2, 0.25) is 0 Å². The fourth-order valence-corrected chi connectivity index (χ4v) is 3.95. The third-order valence-electron chi connectivity index (χ3n) is 5.04. The normalized spacial score (nSPS) is 23.5. The number of hydrogen-bond donors (Lipinski definition) is 1. The lowest BCUT2D eigenvalue weighted by atomic mass is 9.83. The Hall–Kier alpha value is -1.58. The van der Waals surface area contributed by atoms with Crippen molar-refractivity contribution in [2.45, 2.75) is 57.9 Å². The Kier molecular flexibility index (Phi) is 4.13. The second kappa shape index (κ2) is 6.04. The maximum atomic E-state index is 12.7. The van der Waals surface area contributed by atoms with E-state index in [0.717, 1.165) is 25.1 Å². The van der Waals surface area contributed by atoms with Crippen LogP contribution in [-0.4, -0.2) is 28.4 Å². The predicted molar refractivity (Wildman–Crippen MR) is 82.4 cm³/mol. The SMILES string of the molecule is Cc1ccc(C(=O)N2CCC[C@@H]2C2CCCCC2)c(=O)[nH]1. The Bertz CT molecular complexity index is 572. The van der Waals surface area contributed by atoms with E-state index >= 15 is 0 Å². The summed E-state index contributed by atoms with van der Waals surface area (Å²) in [6, 6.07) is 3.83. The number of likely N-dealkylation sites (tertiary alicyclic amines) is 1. The fourth-order valence-electron chi connectivity index (χ4n) is 3.95. The number of rotatable bonds is 2. The van der Waals surface area contributed by atoms with Crippen molar-refractivity contribution in [2.75, 3.05) is 6.54 Å². The van der Waals surface area contributed by atoms with Crippen LogP contribution in [0.2, 0.25) is 0 Å². The van der Waals surface area contributed by atoms with Crippen LogP contribution < -0.4 is 5.56 Å². The van der Waals surface area contributed by atoms with Crippen molar-refractivity contribution < 1.29 is 4.79 Å². The molecule has 1 N–H and O–H groups in total. The van der Waals surface area contributed by atoms with E-state index in [4.69, 9.17) is 0 Å². The lowest BCUT2D eigenvalue weighted by molar-refractivity contribution is 0.0659. The van der Waals surface area contributed by atoms with Crippen LogP contribution in [0.3, 0.4) is 0 Å². The van der Waals surface area contributed by atoms with Gasteiger partial charge in [0, 0.05) is 18.3 Å². The number of hydrogen-bond acceptors (Lipinski definition) is 2. The molecule has 114 valence electrons. The van der Waals surface area contributed by atoms with Crippen molar-refractivity contribution in [1.82, 2.24) is 9.88 Å². The summed E-state index contributed by atoms with van der Waals surface area (Å²) in [5.74, 6) is 0.555. The summed E-state index contributed by atoms with van der Waals surface area (Å²) < 4.78 is 0. The molecule has 0 radical (unpaired) electrons. The van der Waals surface area contributed by atoms with Gasteiger partial charge in [-0.2, -0.15) is 0 Å². The zero-order valence-electron chi connectivity index (χ0n) is 12.7. The minimum absolute atomic E-state index is 0.0793. The van der Waals surface area contributed by atoms with Crippen LogP contribution in [0.4, 0.5) is 0 Å². The number of aryl methyl sites for hydroxylation is 1. The third kappa shape index (κ3) is 2.89. The highest BCUT2D eigenvalue weighted by Gasteiger charge is 2.36. The van der Waals surface area contributed by atoms with Gasteiger partial charge in [0.25, 0.3) is 11.5 Å². The Morgan fingerprint density at radius 2 is 1.90 bits per heavy atom. The monoisotopic (exact) mass is 288 g/mol. The molecule has 0 unspecified atom stereocenters. The molecular formula is C17H24N2O2. The lowest BCUT2D eigenvalue weighted by Crippen LogP contribution is -2.42. The zero-order valence-corrected chi connectivity index (χ0v) is 12.7. The number of nitrogens with one attached hydrogen (secondary N) is 1. The van der Waals surface area contributed by atoms with Crippen LogP contribution in [0, 0.1) is 12.8 Å². The predicted octanol–water partition coefficient (Wildman–Crippen LogP) is 2.87. The first-order valence-corrected chi connectivity index (χ1v) is 8.18. The molecule has 4 heteroatoms. The maximum Gasteiger partial charge on any atom is 0.260 e. The first kappa shape index (κ1) is 14.4. The number of nitrogens with zero attached hydrogens (tertiary/aromatic N) is 1.